The molecule has 2 aromatic heterocycles. The molecule has 5 heteroatoms. The van der Waals surface area contributed by atoms with Gasteiger partial charge in [-0.05, 0) is 43.0 Å². The normalized spacial score (nSPS) is 22.3. The molecule has 1 fully saturated rings. The van der Waals surface area contributed by atoms with Crippen LogP contribution < -0.4 is 5.32 Å². The SMILES string of the molecule is C[C@H]1CC[C@H](c2ccc3sc(-c4cn(C)cn4)nc3c2)NC1. The molecule has 1 aliphatic heterocycles. The molecule has 1 aromatic carbocycles. The summed E-state index contributed by atoms with van der Waals surface area (Å²) in [4.78, 5) is 9.18. The van der Waals surface area contributed by atoms with Crippen molar-refractivity contribution >= 4 is 21.6 Å². The van der Waals surface area contributed by atoms with E-state index in [4.69, 9.17) is 4.98 Å². The van der Waals surface area contributed by atoms with Crippen molar-refractivity contribution in [2.75, 3.05) is 6.54 Å². The summed E-state index contributed by atoms with van der Waals surface area (Å²) in [6, 6.07) is 7.16. The number of hydrogen-bond acceptors (Lipinski definition) is 4. The minimum atomic E-state index is 0.473. The lowest BCUT2D eigenvalue weighted by Gasteiger charge is -2.28. The van der Waals surface area contributed by atoms with Gasteiger partial charge in [-0.25, -0.2) is 9.97 Å². The van der Waals surface area contributed by atoms with Crippen LogP contribution in [0.1, 0.15) is 31.4 Å². The monoisotopic (exact) mass is 312 g/mol. The molecular formula is C17H20N4S. The third-order valence-corrected chi connectivity index (χ3v) is 5.46. The Kier molecular flexibility index (Phi) is 3.47. The molecule has 3 aromatic rings. The Labute approximate surface area is 134 Å². The largest absolute Gasteiger partial charge is 0.340 e. The van der Waals surface area contributed by atoms with Gasteiger partial charge < -0.3 is 9.88 Å². The maximum Gasteiger partial charge on any atom is 0.144 e. The van der Waals surface area contributed by atoms with Gasteiger partial charge in [-0.3, -0.25) is 0 Å². The topological polar surface area (TPSA) is 42.7 Å². The Morgan fingerprint density at radius 2 is 2.23 bits per heavy atom. The second kappa shape index (κ2) is 5.48. The van der Waals surface area contributed by atoms with E-state index in [1.807, 2.05) is 24.1 Å². The molecule has 0 aliphatic carbocycles. The molecule has 114 valence electrons. The van der Waals surface area contributed by atoms with Crippen molar-refractivity contribution in [3.05, 3.63) is 36.3 Å². The number of benzene rings is 1. The van der Waals surface area contributed by atoms with Gasteiger partial charge in [0.1, 0.15) is 10.7 Å². The van der Waals surface area contributed by atoms with Crippen LogP contribution in [-0.4, -0.2) is 21.1 Å². The predicted molar refractivity (Wildman–Crippen MR) is 91.0 cm³/mol. The van der Waals surface area contributed by atoms with Crippen LogP contribution >= 0.6 is 11.3 Å². The number of rotatable bonds is 2. The lowest BCUT2D eigenvalue weighted by molar-refractivity contribution is 0.333. The molecule has 0 saturated carbocycles. The highest BCUT2D eigenvalue weighted by Crippen LogP contribution is 2.32. The van der Waals surface area contributed by atoms with Gasteiger partial charge in [0.25, 0.3) is 0 Å². The molecule has 0 radical (unpaired) electrons. The van der Waals surface area contributed by atoms with Gasteiger partial charge in [-0.2, -0.15) is 0 Å². The Bertz CT molecular complexity index is 796. The fourth-order valence-corrected chi connectivity index (χ4v) is 3.98. The quantitative estimate of drug-likeness (QED) is 0.783. The second-order valence-electron chi connectivity index (χ2n) is 6.31. The highest BCUT2D eigenvalue weighted by molar-refractivity contribution is 7.21. The maximum atomic E-state index is 4.78. The summed E-state index contributed by atoms with van der Waals surface area (Å²) in [5.74, 6) is 0.787. The van der Waals surface area contributed by atoms with Crippen LogP contribution in [0.5, 0.6) is 0 Å². The van der Waals surface area contributed by atoms with Crippen LogP contribution in [-0.2, 0) is 7.05 Å². The predicted octanol–water partition coefficient (Wildman–Crippen LogP) is 3.76. The average Bonchev–Trinajstić information content (AvgIpc) is 3.13. The lowest BCUT2D eigenvalue weighted by Crippen LogP contribution is -2.31. The Morgan fingerprint density at radius 1 is 1.32 bits per heavy atom. The number of aryl methyl sites for hydroxylation is 1. The number of aromatic nitrogens is 3. The number of thiazole rings is 1. The standard InChI is InChI=1S/C17H20N4S/c1-11-3-5-13(18-8-11)12-4-6-16-14(7-12)20-17(22-16)15-9-21(2)10-19-15/h4,6-7,9-11,13,18H,3,5,8H2,1-2H3/t11-,13+/m0/s1. The maximum absolute atomic E-state index is 4.78. The molecule has 0 bridgehead atoms. The fourth-order valence-electron chi connectivity index (χ4n) is 3.08. The first-order valence-electron chi connectivity index (χ1n) is 7.81. The first-order valence-corrected chi connectivity index (χ1v) is 8.63. The van der Waals surface area contributed by atoms with Crippen LogP contribution in [0.4, 0.5) is 0 Å². The summed E-state index contributed by atoms with van der Waals surface area (Å²) in [5.41, 5.74) is 3.40. The van der Waals surface area contributed by atoms with Crippen molar-refractivity contribution in [2.24, 2.45) is 13.0 Å². The molecule has 4 nitrogen and oxygen atoms in total. The minimum absolute atomic E-state index is 0.473. The first kappa shape index (κ1) is 13.9. The molecule has 0 amide bonds. The van der Waals surface area contributed by atoms with Gasteiger partial charge in [0, 0.05) is 19.3 Å². The van der Waals surface area contributed by atoms with E-state index in [9.17, 15) is 0 Å². The Balaban J connectivity index is 1.66. The van der Waals surface area contributed by atoms with Crippen molar-refractivity contribution in [3.8, 4) is 10.7 Å². The number of piperidine rings is 1. The van der Waals surface area contributed by atoms with Crippen LogP contribution in [0.2, 0.25) is 0 Å². The Morgan fingerprint density at radius 3 is 2.95 bits per heavy atom. The van der Waals surface area contributed by atoms with Gasteiger partial charge >= 0.3 is 0 Å². The molecular weight excluding hydrogens is 292 g/mol. The summed E-state index contributed by atoms with van der Waals surface area (Å²) in [5, 5.41) is 4.65. The van der Waals surface area contributed by atoms with Crippen molar-refractivity contribution in [3.63, 3.8) is 0 Å². The minimum Gasteiger partial charge on any atom is -0.340 e. The van der Waals surface area contributed by atoms with E-state index in [0.29, 0.717) is 6.04 Å². The summed E-state index contributed by atoms with van der Waals surface area (Å²) in [6.45, 7) is 3.42. The van der Waals surface area contributed by atoms with E-state index in [1.165, 1.54) is 23.1 Å². The van der Waals surface area contributed by atoms with Gasteiger partial charge in [0.2, 0.25) is 0 Å². The number of hydrogen-bond donors (Lipinski definition) is 1. The van der Waals surface area contributed by atoms with E-state index in [-0.39, 0.29) is 0 Å². The van der Waals surface area contributed by atoms with Gasteiger partial charge in [0.15, 0.2) is 0 Å². The number of nitrogens with zero attached hydrogens (tertiary/aromatic N) is 3. The number of nitrogens with one attached hydrogen (secondary N) is 1. The molecule has 0 spiro atoms. The lowest BCUT2D eigenvalue weighted by atomic mass is 9.92. The molecule has 0 unspecified atom stereocenters. The summed E-state index contributed by atoms with van der Waals surface area (Å²) in [7, 11) is 1.98. The van der Waals surface area contributed by atoms with E-state index in [2.05, 4.69) is 35.4 Å². The molecule has 1 saturated heterocycles. The van der Waals surface area contributed by atoms with Crippen molar-refractivity contribution in [1.29, 1.82) is 0 Å². The molecule has 22 heavy (non-hydrogen) atoms. The highest BCUT2D eigenvalue weighted by atomic mass is 32.1. The van der Waals surface area contributed by atoms with Crippen molar-refractivity contribution < 1.29 is 0 Å². The second-order valence-corrected chi connectivity index (χ2v) is 7.34. The summed E-state index contributed by atoms with van der Waals surface area (Å²) >= 11 is 1.71. The number of imidazole rings is 1. The Hall–Kier alpha value is -1.72. The van der Waals surface area contributed by atoms with E-state index in [1.54, 1.807) is 11.3 Å². The third kappa shape index (κ3) is 2.55. The fraction of sp³-hybridized carbons (Fsp3) is 0.412. The molecule has 2 atom stereocenters. The molecule has 3 heterocycles. The van der Waals surface area contributed by atoms with Crippen molar-refractivity contribution in [2.45, 2.75) is 25.8 Å². The van der Waals surface area contributed by atoms with Gasteiger partial charge in [0.05, 0.1) is 16.5 Å². The highest BCUT2D eigenvalue weighted by Gasteiger charge is 2.19. The van der Waals surface area contributed by atoms with Crippen LogP contribution in [0.15, 0.2) is 30.7 Å². The molecule has 1 aliphatic rings. The zero-order valence-corrected chi connectivity index (χ0v) is 13.7. The molecule has 4 rings (SSSR count). The van der Waals surface area contributed by atoms with E-state index >= 15 is 0 Å². The third-order valence-electron chi connectivity index (χ3n) is 4.40. The van der Waals surface area contributed by atoms with Gasteiger partial charge in [-0.15, -0.1) is 11.3 Å². The summed E-state index contributed by atoms with van der Waals surface area (Å²) in [6.07, 6.45) is 6.35. The smallest absolute Gasteiger partial charge is 0.144 e. The summed E-state index contributed by atoms with van der Waals surface area (Å²) < 4.78 is 3.19. The van der Waals surface area contributed by atoms with Gasteiger partial charge in [-0.1, -0.05) is 13.0 Å². The first-order chi connectivity index (χ1) is 10.7. The molecule has 1 N–H and O–H groups in total. The van der Waals surface area contributed by atoms with Crippen LogP contribution in [0.25, 0.3) is 20.9 Å². The van der Waals surface area contributed by atoms with Crippen LogP contribution in [0, 0.1) is 5.92 Å². The van der Waals surface area contributed by atoms with E-state index in [0.717, 1.165) is 28.7 Å². The van der Waals surface area contributed by atoms with E-state index < -0.39 is 0 Å². The average molecular weight is 312 g/mol. The van der Waals surface area contributed by atoms with Crippen molar-refractivity contribution in [1.82, 2.24) is 19.9 Å². The zero-order valence-electron chi connectivity index (χ0n) is 12.9. The number of fused-ring (bicyclic) bond motifs is 1. The van der Waals surface area contributed by atoms with Crippen LogP contribution in [0.3, 0.4) is 0 Å². The zero-order chi connectivity index (χ0) is 15.1.